The lowest BCUT2D eigenvalue weighted by Gasteiger charge is -2.37. The summed E-state index contributed by atoms with van der Waals surface area (Å²) < 4.78 is 1.93. The first-order valence-corrected chi connectivity index (χ1v) is 10.5. The Labute approximate surface area is 192 Å². The zero-order valence-corrected chi connectivity index (χ0v) is 19.6. The summed E-state index contributed by atoms with van der Waals surface area (Å²) in [5.74, 6) is 1.84. The SMILES string of the molecule is CCNC(=NCc1cccnc1-n1ccnc1)N1CCN(c2cccs2)CC1.I. The molecular weight excluding hydrogens is 497 g/mol. The van der Waals surface area contributed by atoms with Crippen LogP contribution in [0.4, 0.5) is 5.00 Å². The van der Waals surface area contributed by atoms with E-state index in [1.54, 1.807) is 30.1 Å². The Morgan fingerprint density at radius 3 is 2.72 bits per heavy atom. The number of imidazole rings is 1. The number of piperazine rings is 1. The number of hydrogen-bond acceptors (Lipinski definition) is 5. The molecule has 0 saturated carbocycles. The van der Waals surface area contributed by atoms with Gasteiger partial charge in [0.15, 0.2) is 5.96 Å². The van der Waals surface area contributed by atoms with Crippen LogP contribution >= 0.6 is 35.3 Å². The Morgan fingerprint density at radius 1 is 1.17 bits per heavy atom. The molecule has 4 rings (SSSR count). The molecule has 0 atom stereocenters. The zero-order chi connectivity index (χ0) is 19.2. The number of thiophene rings is 1. The largest absolute Gasteiger partial charge is 0.360 e. The van der Waals surface area contributed by atoms with Gasteiger partial charge in [-0.25, -0.2) is 15.0 Å². The van der Waals surface area contributed by atoms with E-state index >= 15 is 0 Å². The Kier molecular flexibility index (Phi) is 7.87. The highest BCUT2D eigenvalue weighted by molar-refractivity contribution is 14.0. The first-order valence-electron chi connectivity index (χ1n) is 9.59. The second-order valence-corrected chi connectivity index (χ2v) is 7.48. The zero-order valence-electron chi connectivity index (χ0n) is 16.4. The van der Waals surface area contributed by atoms with Crippen LogP contribution in [0, 0.1) is 0 Å². The van der Waals surface area contributed by atoms with Crippen LogP contribution in [0.1, 0.15) is 12.5 Å². The molecule has 29 heavy (non-hydrogen) atoms. The normalized spacial score (nSPS) is 14.6. The number of aromatic nitrogens is 3. The minimum Gasteiger partial charge on any atom is -0.360 e. The summed E-state index contributed by atoms with van der Waals surface area (Å²) in [6.07, 6.45) is 7.24. The van der Waals surface area contributed by atoms with Crippen molar-refractivity contribution in [3.8, 4) is 5.82 Å². The van der Waals surface area contributed by atoms with Crippen molar-refractivity contribution in [1.82, 2.24) is 24.8 Å². The average Bonchev–Trinajstić information content (AvgIpc) is 3.46. The van der Waals surface area contributed by atoms with E-state index in [0.29, 0.717) is 6.54 Å². The number of rotatable bonds is 5. The maximum atomic E-state index is 4.91. The lowest BCUT2D eigenvalue weighted by molar-refractivity contribution is 0.373. The van der Waals surface area contributed by atoms with Crippen molar-refractivity contribution in [2.75, 3.05) is 37.6 Å². The Morgan fingerprint density at radius 2 is 2.03 bits per heavy atom. The molecule has 3 aromatic heterocycles. The van der Waals surface area contributed by atoms with E-state index in [0.717, 1.165) is 50.1 Å². The maximum absolute atomic E-state index is 4.91. The van der Waals surface area contributed by atoms with E-state index in [9.17, 15) is 0 Å². The molecular formula is C20H26IN7S. The van der Waals surface area contributed by atoms with Crippen molar-refractivity contribution < 1.29 is 0 Å². The molecule has 0 aromatic carbocycles. The predicted octanol–water partition coefficient (Wildman–Crippen LogP) is 3.23. The van der Waals surface area contributed by atoms with Gasteiger partial charge in [-0.3, -0.25) is 4.57 Å². The molecule has 1 aliphatic heterocycles. The molecule has 154 valence electrons. The van der Waals surface area contributed by atoms with Crippen LogP contribution in [-0.2, 0) is 6.54 Å². The first-order chi connectivity index (χ1) is 13.8. The molecule has 0 amide bonds. The molecule has 1 fully saturated rings. The molecule has 3 aromatic rings. The van der Waals surface area contributed by atoms with Crippen LogP contribution in [0.15, 0.2) is 59.6 Å². The van der Waals surface area contributed by atoms with Crippen molar-refractivity contribution in [2.45, 2.75) is 13.5 Å². The van der Waals surface area contributed by atoms with Crippen LogP contribution in [0.2, 0.25) is 0 Å². The van der Waals surface area contributed by atoms with Crippen LogP contribution in [0.5, 0.6) is 0 Å². The smallest absolute Gasteiger partial charge is 0.194 e. The first kappa shape index (κ1) is 21.6. The topological polar surface area (TPSA) is 61.6 Å². The summed E-state index contributed by atoms with van der Waals surface area (Å²) in [5, 5.41) is 6.93. The average molecular weight is 523 g/mol. The number of guanidine groups is 1. The van der Waals surface area contributed by atoms with Crippen LogP contribution in [0.3, 0.4) is 0 Å². The van der Waals surface area contributed by atoms with Crippen molar-refractivity contribution in [2.24, 2.45) is 4.99 Å². The minimum absolute atomic E-state index is 0. The second kappa shape index (κ2) is 10.6. The van der Waals surface area contributed by atoms with Gasteiger partial charge in [0.05, 0.1) is 11.5 Å². The number of anilines is 1. The fourth-order valence-electron chi connectivity index (χ4n) is 3.34. The molecule has 0 unspecified atom stereocenters. The van der Waals surface area contributed by atoms with Gasteiger partial charge in [0.2, 0.25) is 0 Å². The van der Waals surface area contributed by atoms with Crippen molar-refractivity contribution >= 4 is 46.3 Å². The lowest BCUT2D eigenvalue weighted by Crippen LogP contribution is -2.52. The summed E-state index contributed by atoms with van der Waals surface area (Å²) in [4.78, 5) is 18.3. The summed E-state index contributed by atoms with van der Waals surface area (Å²) >= 11 is 1.80. The number of pyridine rings is 1. The molecule has 4 heterocycles. The highest BCUT2D eigenvalue weighted by Gasteiger charge is 2.20. The fraction of sp³-hybridized carbons (Fsp3) is 0.350. The molecule has 0 bridgehead atoms. The van der Waals surface area contributed by atoms with Gasteiger partial charge in [0.1, 0.15) is 12.1 Å². The molecule has 1 N–H and O–H groups in total. The monoisotopic (exact) mass is 523 g/mol. The van der Waals surface area contributed by atoms with E-state index in [2.05, 4.69) is 55.6 Å². The highest BCUT2D eigenvalue weighted by atomic mass is 127. The molecule has 1 saturated heterocycles. The Bertz CT molecular complexity index is 887. The van der Waals surface area contributed by atoms with Crippen molar-refractivity contribution in [3.63, 3.8) is 0 Å². The number of nitrogens with zero attached hydrogens (tertiary/aromatic N) is 6. The Hall–Kier alpha value is -2.14. The molecule has 0 radical (unpaired) electrons. The minimum atomic E-state index is 0. The van der Waals surface area contributed by atoms with Gasteiger partial charge < -0.3 is 15.1 Å². The van der Waals surface area contributed by atoms with Gasteiger partial charge in [-0.05, 0) is 30.5 Å². The predicted molar refractivity (Wildman–Crippen MR) is 130 cm³/mol. The standard InChI is InChI=1S/C20H25N7S.HI/c1-2-22-20(26-12-10-25(11-13-26)18-6-4-14-28-18)24-15-17-5-3-7-23-19(17)27-9-8-21-16-27;/h3-9,14,16H,2,10-13,15H2,1H3,(H,22,24);1H. The summed E-state index contributed by atoms with van der Waals surface area (Å²) in [7, 11) is 0. The number of nitrogens with one attached hydrogen (secondary N) is 1. The van der Waals surface area contributed by atoms with Gasteiger partial charge in [0, 0.05) is 56.9 Å². The quantitative estimate of drug-likeness (QED) is 0.316. The maximum Gasteiger partial charge on any atom is 0.194 e. The molecule has 1 aliphatic rings. The molecule has 7 nitrogen and oxygen atoms in total. The summed E-state index contributed by atoms with van der Waals surface area (Å²) in [6, 6.07) is 8.34. The van der Waals surface area contributed by atoms with Crippen LogP contribution < -0.4 is 10.2 Å². The fourth-order valence-corrected chi connectivity index (χ4v) is 4.13. The van der Waals surface area contributed by atoms with E-state index in [1.807, 2.05) is 16.8 Å². The van der Waals surface area contributed by atoms with Crippen molar-refractivity contribution in [3.05, 3.63) is 60.1 Å². The van der Waals surface area contributed by atoms with E-state index in [1.165, 1.54) is 5.00 Å². The number of halogens is 1. The second-order valence-electron chi connectivity index (χ2n) is 6.55. The third kappa shape index (κ3) is 5.27. The van der Waals surface area contributed by atoms with E-state index in [4.69, 9.17) is 4.99 Å². The number of aliphatic imine (C=N–C) groups is 1. The van der Waals surface area contributed by atoms with E-state index < -0.39 is 0 Å². The highest BCUT2D eigenvalue weighted by Crippen LogP contribution is 2.22. The summed E-state index contributed by atoms with van der Waals surface area (Å²) in [6.45, 7) is 7.49. The molecule has 0 spiro atoms. The van der Waals surface area contributed by atoms with E-state index in [-0.39, 0.29) is 24.0 Å². The van der Waals surface area contributed by atoms with Gasteiger partial charge in [-0.1, -0.05) is 6.07 Å². The van der Waals surface area contributed by atoms with Gasteiger partial charge in [0.25, 0.3) is 0 Å². The summed E-state index contributed by atoms with van der Waals surface area (Å²) in [5.41, 5.74) is 1.08. The Balaban J connectivity index is 0.00000240. The third-order valence-electron chi connectivity index (χ3n) is 4.75. The van der Waals surface area contributed by atoms with Crippen molar-refractivity contribution in [1.29, 1.82) is 0 Å². The van der Waals surface area contributed by atoms with Gasteiger partial charge in [-0.2, -0.15) is 0 Å². The third-order valence-corrected chi connectivity index (χ3v) is 5.68. The van der Waals surface area contributed by atoms with Crippen LogP contribution in [-0.4, -0.2) is 58.1 Å². The van der Waals surface area contributed by atoms with Crippen LogP contribution in [0.25, 0.3) is 5.82 Å². The molecule has 0 aliphatic carbocycles. The number of hydrogen-bond donors (Lipinski definition) is 1. The lowest BCUT2D eigenvalue weighted by atomic mass is 10.2. The van der Waals surface area contributed by atoms with Gasteiger partial charge in [-0.15, -0.1) is 35.3 Å². The molecule has 9 heteroatoms. The van der Waals surface area contributed by atoms with Gasteiger partial charge >= 0.3 is 0 Å².